The first-order valence-electron chi connectivity index (χ1n) is 5.14. The van der Waals surface area contributed by atoms with Crippen LogP contribution in [0.3, 0.4) is 0 Å². The second-order valence-corrected chi connectivity index (χ2v) is 3.79. The van der Waals surface area contributed by atoms with Crippen LogP contribution in [0.4, 0.5) is 5.69 Å². The molecule has 2 N–H and O–H groups in total. The highest BCUT2D eigenvalue weighted by Gasteiger charge is 2.21. The molecule has 0 unspecified atom stereocenters. The van der Waals surface area contributed by atoms with Gasteiger partial charge in [0.1, 0.15) is 0 Å². The molecule has 0 bridgehead atoms. The van der Waals surface area contributed by atoms with Gasteiger partial charge in [-0.3, -0.25) is 10.1 Å². The van der Waals surface area contributed by atoms with E-state index in [1.54, 1.807) is 6.07 Å². The van der Waals surface area contributed by atoms with E-state index >= 15 is 0 Å². The predicted octanol–water partition coefficient (Wildman–Crippen LogP) is 1.50. The molecule has 0 radical (unpaired) electrons. The molecule has 17 heavy (non-hydrogen) atoms. The van der Waals surface area contributed by atoms with Crippen molar-refractivity contribution in [1.82, 2.24) is 0 Å². The number of ether oxygens (including phenoxy) is 2. The molecule has 1 rings (SSSR count). The third-order valence-electron chi connectivity index (χ3n) is 2.27. The van der Waals surface area contributed by atoms with Crippen molar-refractivity contribution in [3.8, 4) is 11.5 Å². The summed E-state index contributed by atoms with van der Waals surface area (Å²) in [5.41, 5.74) is 6.32. The molecule has 0 aliphatic heterocycles. The molecule has 6 nitrogen and oxygen atoms in total. The molecule has 6 heteroatoms. The summed E-state index contributed by atoms with van der Waals surface area (Å²) in [7, 11) is 2.81. The van der Waals surface area contributed by atoms with Crippen LogP contribution in [0.2, 0.25) is 0 Å². The molecule has 0 fully saturated rings. The lowest BCUT2D eigenvalue weighted by Gasteiger charge is -2.11. The zero-order valence-corrected chi connectivity index (χ0v) is 10.1. The fourth-order valence-corrected chi connectivity index (χ4v) is 1.63. The molecule has 0 aliphatic rings. The Morgan fingerprint density at radius 3 is 2.47 bits per heavy atom. The minimum Gasteiger partial charge on any atom is -0.493 e. The molecule has 1 aromatic rings. The lowest BCUT2D eigenvalue weighted by Crippen LogP contribution is -2.17. The summed E-state index contributed by atoms with van der Waals surface area (Å²) in [6.07, 6.45) is 0.543. The number of methoxy groups -OCH3 is 2. The average molecular weight is 240 g/mol. The van der Waals surface area contributed by atoms with E-state index in [4.69, 9.17) is 15.2 Å². The zero-order chi connectivity index (χ0) is 13.0. The first-order chi connectivity index (χ1) is 7.99. The summed E-state index contributed by atoms with van der Waals surface area (Å²) in [5.74, 6) is 0.475. The molecule has 1 aromatic carbocycles. The highest BCUT2D eigenvalue weighted by Crippen LogP contribution is 2.38. The molecule has 0 heterocycles. The molecule has 0 saturated heterocycles. The molecule has 0 aromatic heterocycles. The van der Waals surface area contributed by atoms with Crippen LogP contribution in [0.15, 0.2) is 12.1 Å². The maximum absolute atomic E-state index is 10.9. The number of benzene rings is 1. The fourth-order valence-electron chi connectivity index (χ4n) is 1.63. The van der Waals surface area contributed by atoms with Crippen molar-refractivity contribution in [2.75, 3.05) is 14.2 Å². The number of rotatable bonds is 5. The minimum atomic E-state index is -0.494. The Balaban J connectivity index is 3.29. The number of nitrogens with two attached hydrogens (primary N) is 1. The van der Waals surface area contributed by atoms with Gasteiger partial charge in [-0.1, -0.05) is 0 Å². The Hall–Kier alpha value is -1.82. The third kappa shape index (κ3) is 3.07. The van der Waals surface area contributed by atoms with Gasteiger partial charge in [-0.15, -0.1) is 0 Å². The quantitative estimate of drug-likeness (QED) is 0.622. The van der Waals surface area contributed by atoms with Crippen LogP contribution in [-0.4, -0.2) is 25.2 Å². The molecular weight excluding hydrogens is 224 g/mol. The number of nitro groups is 1. The highest BCUT2D eigenvalue weighted by atomic mass is 16.6. The van der Waals surface area contributed by atoms with Crippen LogP contribution >= 0.6 is 0 Å². The van der Waals surface area contributed by atoms with Crippen LogP contribution in [0, 0.1) is 10.1 Å². The lowest BCUT2D eigenvalue weighted by molar-refractivity contribution is -0.385. The number of hydrogen-bond donors (Lipinski definition) is 1. The van der Waals surface area contributed by atoms with Crippen molar-refractivity contribution in [1.29, 1.82) is 0 Å². The van der Waals surface area contributed by atoms with Gasteiger partial charge in [-0.25, -0.2) is 0 Å². The summed E-state index contributed by atoms with van der Waals surface area (Å²) in [6, 6.07) is 3.09. The van der Waals surface area contributed by atoms with Gasteiger partial charge < -0.3 is 15.2 Å². The predicted molar refractivity (Wildman–Crippen MR) is 63.6 cm³/mol. The zero-order valence-electron chi connectivity index (χ0n) is 10.1. The maximum Gasteiger partial charge on any atom is 0.315 e. The van der Waals surface area contributed by atoms with E-state index in [1.807, 2.05) is 6.92 Å². The smallest absolute Gasteiger partial charge is 0.315 e. The minimum absolute atomic E-state index is 0.0762. The van der Waals surface area contributed by atoms with E-state index in [1.165, 1.54) is 20.3 Å². The van der Waals surface area contributed by atoms with Gasteiger partial charge >= 0.3 is 5.69 Å². The summed E-state index contributed by atoms with van der Waals surface area (Å²) in [5, 5.41) is 10.9. The van der Waals surface area contributed by atoms with E-state index in [0.29, 0.717) is 12.2 Å². The molecule has 94 valence electrons. The Morgan fingerprint density at radius 1 is 1.41 bits per heavy atom. The van der Waals surface area contributed by atoms with Crippen molar-refractivity contribution in [2.45, 2.75) is 19.4 Å². The molecule has 0 aliphatic carbocycles. The van der Waals surface area contributed by atoms with Gasteiger partial charge in [0, 0.05) is 12.1 Å². The Morgan fingerprint density at radius 2 is 2.06 bits per heavy atom. The van der Waals surface area contributed by atoms with E-state index in [0.717, 1.165) is 5.56 Å². The number of nitrogens with zero attached hydrogens (tertiary/aromatic N) is 1. The Labute approximate surface area is 99.5 Å². The first kappa shape index (κ1) is 13.2. The van der Waals surface area contributed by atoms with Gasteiger partial charge in [0.25, 0.3) is 0 Å². The molecule has 0 spiro atoms. The summed E-state index contributed by atoms with van der Waals surface area (Å²) in [6.45, 7) is 1.84. The van der Waals surface area contributed by atoms with Crippen molar-refractivity contribution in [2.24, 2.45) is 5.73 Å². The van der Waals surface area contributed by atoms with Crippen LogP contribution in [-0.2, 0) is 6.42 Å². The van der Waals surface area contributed by atoms with Crippen LogP contribution < -0.4 is 15.2 Å². The normalized spacial score (nSPS) is 12.0. The lowest BCUT2D eigenvalue weighted by atomic mass is 10.1. The van der Waals surface area contributed by atoms with Crippen molar-refractivity contribution in [3.63, 3.8) is 0 Å². The van der Waals surface area contributed by atoms with E-state index < -0.39 is 4.92 Å². The molecule has 1 atom stereocenters. The van der Waals surface area contributed by atoms with Crippen LogP contribution in [0.25, 0.3) is 0 Å². The molecule has 0 amide bonds. The standard InChI is InChI=1S/C11H16N2O4/c1-7(12)4-8-5-9(13(14)15)11(17-3)10(6-8)16-2/h5-7H,4,12H2,1-3H3/t7-/m0/s1. The Bertz CT molecular complexity index is 418. The fraction of sp³-hybridized carbons (Fsp3) is 0.455. The van der Waals surface area contributed by atoms with Crippen molar-refractivity contribution >= 4 is 5.69 Å². The monoisotopic (exact) mass is 240 g/mol. The van der Waals surface area contributed by atoms with Gasteiger partial charge in [-0.2, -0.15) is 0 Å². The maximum atomic E-state index is 10.9. The van der Waals surface area contributed by atoms with Crippen molar-refractivity contribution < 1.29 is 14.4 Å². The Kier molecular flexibility index (Phi) is 4.28. The SMILES string of the molecule is COc1cc(C[C@H](C)N)cc([N+](=O)[O-])c1OC. The molecular formula is C11H16N2O4. The highest BCUT2D eigenvalue weighted by molar-refractivity contribution is 5.58. The van der Waals surface area contributed by atoms with Crippen LogP contribution in [0.5, 0.6) is 11.5 Å². The van der Waals surface area contributed by atoms with E-state index in [9.17, 15) is 10.1 Å². The van der Waals surface area contributed by atoms with Gasteiger partial charge in [0.15, 0.2) is 5.75 Å². The second kappa shape index (κ2) is 5.49. The van der Waals surface area contributed by atoms with Gasteiger partial charge in [-0.05, 0) is 25.0 Å². The van der Waals surface area contributed by atoms with Crippen molar-refractivity contribution in [3.05, 3.63) is 27.8 Å². The number of nitro benzene ring substituents is 1. The summed E-state index contributed by atoms with van der Waals surface area (Å²) >= 11 is 0. The summed E-state index contributed by atoms with van der Waals surface area (Å²) in [4.78, 5) is 10.4. The van der Waals surface area contributed by atoms with E-state index in [2.05, 4.69) is 0 Å². The van der Waals surface area contributed by atoms with E-state index in [-0.39, 0.29) is 17.5 Å². The summed E-state index contributed by atoms with van der Waals surface area (Å²) < 4.78 is 10.1. The number of hydrogen-bond acceptors (Lipinski definition) is 5. The largest absolute Gasteiger partial charge is 0.493 e. The second-order valence-electron chi connectivity index (χ2n) is 3.79. The first-order valence-corrected chi connectivity index (χ1v) is 5.14. The van der Waals surface area contributed by atoms with Crippen LogP contribution in [0.1, 0.15) is 12.5 Å². The van der Waals surface area contributed by atoms with Gasteiger partial charge in [0.05, 0.1) is 19.1 Å². The topological polar surface area (TPSA) is 87.6 Å². The average Bonchev–Trinajstić information content (AvgIpc) is 2.26. The third-order valence-corrected chi connectivity index (χ3v) is 2.27. The van der Waals surface area contributed by atoms with Gasteiger partial charge in [0.2, 0.25) is 5.75 Å². The molecule has 0 saturated carbocycles.